The van der Waals surface area contributed by atoms with Crippen LogP contribution in [0.25, 0.3) is 0 Å². The first kappa shape index (κ1) is 13.4. The van der Waals surface area contributed by atoms with Crippen LogP contribution in [0.3, 0.4) is 0 Å². The molecule has 0 spiro atoms. The molecule has 0 atom stereocenters. The lowest BCUT2D eigenvalue weighted by Crippen LogP contribution is -1.83. The molecule has 0 aromatic heterocycles. The Morgan fingerprint density at radius 1 is 1.00 bits per heavy atom. The van der Waals surface area contributed by atoms with Crippen molar-refractivity contribution in [2.75, 3.05) is 6.61 Å². The lowest BCUT2D eigenvalue weighted by molar-refractivity contribution is 0.305. The van der Waals surface area contributed by atoms with E-state index in [0.29, 0.717) is 6.42 Å². The molecule has 88 valence electrons. The van der Waals surface area contributed by atoms with Gasteiger partial charge in [0.2, 0.25) is 0 Å². The molecule has 1 aromatic rings. The second-order valence-electron chi connectivity index (χ2n) is 3.73. The van der Waals surface area contributed by atoms with Gasteiger partial charge in [-0.05, 0) is 18.6 Å². The summed E-state index contributed by atoms with van der Waals surface area (Å²) in [4.78, 5) is 0. The molecule has 0 aliphatic carbocycles. The van der Waals surface area contributed by atoms with Crippen LogP contribution in [0.2, 0.25) is 0 Å². The molecule has 0 aliphatic heterocycles. The summed E-state index contributed by atoms with van der Waals surface area (Å²) in [7, 11) is 0. The van der Waals surface area contributed by atoms with Gasteiger partial charge in [0.15, 0.2) is 0 Å². The van der Waals surface area contributed by atoms with Gasteiger partial charge in [0, 0.05) is 24.0 Å². The van der Waals surface area contributed by atoms with Crippen molar-refractivity contribution in [3.63, 3.8) is 0 Å². The summed E-state index contributed by atoms with van der Waals surface area (Å²) in [5, 5.41) is 8.68. The van der Waals surface area contributed by atoms with Gasteiger partial charge in [0.1, 0.15) is 0 Å². The summed E-state index contributed by atoms with van der Waals surface area (Å²) in [6.45, 7) is 2.27. The minimum absolute atomic E-state index is 0.108. The molecule has 0 bridgehead atoms. The second kappa shape index (κ2) is 8.45. The molecule has 1 N–H and O–H groups in total. The number of aliphatic hydroxyl groups is 1. The number of hydrogen-bond donors (Lipinski definition) is 1. The van der Waals surface area contributed by atoms with E-state index in [0.717, 1.165) is 24.0 Å². The van der Waals surface area contributed by atoms with Crippen LogP contribution in [0.15, 0.2) is 24.3 Å². The maximum absolute atomic E-state index is 8.68. The van der Waals surface area contributed by atoms with Gasteiger partial charge in [-0.3, -0.25) is 0 Å². The van der Waals surface area contributed by atoms with Crippen molar-refractivity contribution in [1.82, 2.24) is 0 Å². The Labute approximate surface area is 104 Å². The van der Waals surface area contributed by atoms with Crippen molar-refractivity contribution in [1.29, 1.82) is 0 Å². The molecule has 17 heavy (non-hydrogen) atoms. The zero-order valence-electron chi connectivity index (χ0n) is 10.3. The third-order valence-electron chi connectivity index (χ3n) is 2.27. The van der Waals surface area contributed by atoms with Crippen molar-refractivity contribution in [3.8, 4) is 23.7 Å². The van der Waals surface area contributed by atoms with Crippen LogP contribution < -0.4 is 0 Å². The Balaban J connectivity index is 2.77. The highest BCUT2D eigenvalue weighted by Gasteiger charge is 1.93. The molecule has 0 fully saturated rings. The molecule has 1 aromatic carbocycles. The van der Waals surface area contributed by atoms with E-state index in [1.165, 1.54) is 6.42 Å². The van der Waals surface area contributed by atoms with Gasteiger partial charge >= 0.3 is 0 Å². The average Bonchev–Trinajstić information content (AvgIpc) is 2.36. The molecule has 0 radical (unpaired) electrons. The molecule has 0 unspecified atom stereocenters. The van der Waals surface area contributed by atoms with E-state index in [-0.39, 0.29) is 6.61 Å². The number of rotatable bonds is 3. The van der Waals surface area contributed by atoms with Crippen LogP contribution >= 0.6 is 0 Å². The van der Waals surface area contributed by atoms with Crippen LogP contribution in [0.1, 0.15) is 43.7 Å². The molecular weight excluding hydrogens is 208 g/mol. The maximum Gasteiger partial charge on any atom is 0.0540 e. The molecule has 0 aliphatic rings. The van der Waals surface area contributed by atoms with Crippen molar-refractivity contribution < 1.29 is 5.11 Å². The van der Waals surface area contributed by atoms with Crippen molar-refractivity contribution >= 4 is 0 Å². The molecular formula is C16H18O. The van der Waals surface area contributed by atoms with Gasteiger partial charge in [-0.1, -0.05) is 49.2 Å². The Kier molecular flexibility index (Phi) is 6.64. The summed E-state index contributed by atoms with van der Waals surface area (Å²) >= 11 is 0. The molecule has 0 heterocycles. The van der Waals surface area contributed by atoms with E-state index in [1.54, 1.807) is 0 Å². The summed E-state index contributed by atoms with van der Waals surface area (Å²) < 4.78 is 0. The van der Waals surface area contributed by atoms with Crippen LogP contribution in [-0.2, 0) is 0 Å². The average molecular weight is 226 g/mol. The lowest BCUT2D eigenvalue weighted by atomic mass is 10.1. The quantitative estimate of drug-likeness (QED) is 0.620. The molecule has 1 nitrogen and oxygen atoms in total. The first-order valence-electron chi connectivity index (χ1n) is 6.06. The standard InChI is InChI=1S/C16H18O/c1-2-3-4-5-10-15-11-6-7-12-16(15)13-8-9-14-17/h6-7,11-12,17H,2-4,9,14H2,1H3. The van der Waals surface area contributed by atoms with Gasteiger partial charge < -0.3 is 5.11 Å². The largest absolute Gasteiger partial charge is 0.395 e. The predicted molar refractivity (Wildman–Crippen MR) is 71.4 cm³/mol. The molecule has 1 rings (SSSR count). The Bertz CT molecular complexity index is 452. The predicted octanol–water partition coefficient (Wildman–Crippen LogP) is 2.96. The third kappa shape index (κ3) is 5.25. The second-order valence-corrected chi connectivity index (χ2v) is 3.73. The normalized spacial score (nSPS) is 8.82. The Morgan fingerprint density at radius 3 is 2.12 bits per heavy atom. The van der Waals surface area contributed by atoms with Crippen LogP contribution in [0.4, 0.5) is 0 Å². The van der Waals surface area contributed by atoms with E-state index in [2.05, 4.69) is 30.6 Å². The van der Waals surface area contributed by atoms with E-state index in [9.17, 15) is 0 Å². The zero-order valence-corrected chi connectivity index (χ0v) is 10.3. The fraction of sp³-hybridized carbons (Fsp3) is 0.375. The lowest BCUT2D eigenvalue weighted by Gasteiger charge is -1.95. The smallest absolute Gasteiger partial charge is 0.0540 e. The first-order chi connectivity index (χ1) is 8.38. The van der Waals surface area contributed by atoms with Crippen LogP contribution in [0.5, 0.6) is 0 Å². The summed E-state index contributed by atoms with van der Waals surface area (Å²) in [6, 6.07) is 7.89. The monoisotopic (exact) mass is 226 g/mol. The Hall–Kier alpha value is -1.70. The minimum atomic E-state index is 0.108. The topological polar surface area (TPSA) is 20.2 Å². The third-order valence-corrected chi connectivity index (χ3v) is 2.27. The zero-order chi connectivity index (χ0) is 12.3. The van der Waals surface area contributed by atoms with Gasteiger partial charge in [-0.25, -0.2) is 0 Å². The highest BCUT2D eigenvalue weighted by Crippen LogP contribution is 2.05. The van der Waals surface area contributed by atoms with Gasteiger partial charge in [0.25, 0.3) is 0 Å². The highest BCUT2D eigenvalue weighted by molar-refractivity contribution is 5.49. The van der Waals surface area contributed by atoms with E-state index in [4.69, 9.17) is 5.11 Å². The fourth-order valence-electron chi connectivity index (χ4n) is 1.34. The van der Waals surface area contributed by atoms with E-state index < -0.39 is 0 Å². The molecule has 0 saturated heterocycles. The van der Waals surface area contributed by atoms with E-state index >= 15 is 0 Å². The number of benzene rings is 1. The summed E-state index contributed by atoms with van der Waals surface area (Å²) in [6.07, 6.45) is 3.77. The maximum atomic E-state index is 8.68. The van der Waals surface area contributed by atoms with Gasteiger partial charge in [0.05, 0.1) is 6.61 Å². The number of aliphatic hydroxyl groups excluding tert-OH is 1. The van der Waals surface area contributed by atoms with E-state index in [1.807, 2.05) is 24.3 Å². The molecule has 0 amide bonds. The van der Waals surface area contributed by atoms with Crippen molar-refractivity contribution in [2.24, 2.45) is 0 Å². The highest BCUT2D eigenvalue weighted by atomic mass is 16.2. The summed E-state index contributed by atoms with van der Waals surface area (Å²) in [5.74, 6) is 12.3. The number of hydrogen-bond acceptors (Lipinski definition) is 1. The fourth-order valence-corrected chi connectivity index (χ4v) is 1.34. The SMILES string of the molecule is CCCCC#Cc1ccccc1C#CCCO. The first-order valence-corrected chi connectivity index (χ1v) is 6.06. The molecule has 1 heteroatoms. The Morgan fingerprint density at radius 2 is 1.59 bits per heavy atom. The van der Waals surface area contributed by atoms with Gasteiger partial charge in [-0.15, -0.1) is 0 Å². The minimum Gasteiger partial charge on any atom is -0.395 e. The number of unbranched alkanes of at least 4 members (excludes halogenated alkanes) is 2. The van der Waals surface area contributed by atoms with Crippen LogP contribution in [0, 0.1) is 23.7 Å². The molecule has 0 saturated carbocycles. The van der Waals surface area contributed by atoms with Crippen molar-refractivity contribution in [2.45, 2.75) is 32.6 Å². The van der Waals surface area contributed by atoms with Crippen molar-refractivity contribution in [3.05, 3.63) is 35.4 Å². The van der Waals surface area contributed by atoms with Crippen LogP contribution in [-0.4, -0.2) is 11.7 Å². The summed E-state index contributed by atoms with van der Waals surface area (Å²) in [5.41, 5.74) is 1.93. The van der Waals surface area contributed by atoms with Gasteiger partial charge in [-0.2, -0.15) is 0 Å².